The van der Waals surface area contributed by atoms with E-state index in [9.17, 15) is 0 Å². The largest absolute Gasteiger partial charge is 0.258 e. The monoisotopic (exact) mass is 154 g/mol. The minimum atomic E-state index is 0.446. The molecule has 0 saturated heterocycles. The van der Waals surface area contributed by atoms with Gasteiger partial charge in [0.05, 0.1) is 0 Å². The molecule has 0 fully saturated rings. The molecule has 1 nitrogen and oxygen atoms in total. The minimum Gasteiger partial charge on any atom is -0.258 e. The number of halogens is 1. The van der Waals surface area contributed by atoms with E-state index in [1.54, 1.807) is 0 Å². The SMILES string of the molecule is [NH]CCc1ccc(Cl)cc1. The van der Waals surface area contributed by atoms with Gasteiger partial charge in [-0.25, -0.2) is 0 Å². The van der Waals surface area contributed by atoms with Gasteiger partial charge in [-0.1, -0.05) is 23.7 Å². The van der Waals surface area contributed by atoms with E-state index in [0.717, 1.165) is 11.4 Å². The molecule has 0 aliphatic carbocycles. The fourth-order valence-corrected chi connectivity index (χ4v) is 0.921. The Balaban J connectivity index is 2.69. The van der Waals surface area contributed by atoms with E-state index in [4.69, 9.17) is 17.3 Å². The van der Waals surface area contributed by atoms with Gasteiger partial charge < -0.3 is 0 Å². The molecule has 10 heavy (non-hydrogen) atoms. The Kier molecular flexibility index (Phi) is 2.72. The van der Waals surface area contributed by atoms with Crippen LogP contribution in [-0.2, 0) is 6.42 Å². The van der Waals surface area contributed by atoms with Crippen LogP contribution in [0.3, 0.4) is 0 Å². The van der Waals surface area contributed by atoms with Crippen LogP contribution in [0.25, 0.3) is 0 Å². The normalized spacial score (nSPS) is 9.80. The zero-order chi connectivity index (χ0) is 7.40. The molecule has 0 amide bonds. The lowest BCUT2D eigenvalue weighted by atomic mass is 10.2. The highest BCUT2D eigenvalue weighted by atomic mass is 35.5. The maximum atomic E-state index is 6.96. The van der Waals surface area contributed by atoms with Crippen LogP contribution in [-0.4, -0.2) is 6.54 Å². The van der Waals surface area contributed by atoms with Crippen molar-refractivity contribution >= 4 is 11.6 Å². The number of benzene rings is 1. The molecule has 0 heterocycles. The first-order valence-electron chi connectivity index (χ1n) is 3.22. The lowest BCUT2D eigenvalue weighted by Crippen LogP contribution is -1.90. The molecule has 0 aliphatic rings. The van der Waals surface area contributed by atoms with Crippen LogP contribution < -0.4 is 5.73 Å². The Labute approximate surface area is 65.8 Å². The first kappa shape index (κ1) is 7.58. The highest BCUT2D eigenvalue weighted by molar-refractivity contribution is 6.30. The van der Waals surface area contributed by atoms with Crippen molar-refractivity contribution in [2.75, 3.05) is 6.54 Å². The first-order chi connectivity index (χ1) is 4.83. The topological polar surface area (TPSA) is 23.8 Å². The van der Waals surface area contributed by atoms with Crippen LogP contribution in [0.5, 0.6) is 0 Å². The summed E-state index contributed by atoms with van der Waals surface area (Å²) in [6.45, 7) is 0.446. The van der Waals surface area contributed by atoms with Crippen LogP contribution in [0.4, 0.5) is 0 Å². The second-order valence-corrected chi connectivity index (χ2v) is 2.56. The summed E-state index contributed by atoms with van der Waals surface area (Å²) >= 11 is 5.66. The van der Waals surface area contributed by atoms with Gasteiger partial charge in [-0.15, -0.1) is 0 Å². The Morgan fingerprint density at radius 3 is 2.30 bits per heavy atom. The molecule has 2 heteroatoms. The van der Waals surface area contributed by atoms with Crippen molar-refractivity contribution in [2.24, 2.45) is 0 Å². The number of hydrogen-bond acceptors (Lipinski definition) is 0. The van der Waals surface area contributed by atoms with Gasteiger partial charge in [-0.3, -0.25) is 5.73 Å². The number of nitrogens with one attached hydrogen (secondary N) is 1. The van der Waals surface area contributed by atoms with Crippen molar-refractivity contribution in [3.8, 4) is 0 Å². The van der Waals surface area contributed by atoms with Gasteiger partial charge in [0.1, 0.15) is 0 Å². The van der Waals surface area contributed by atoms with Crippen LogP contribution in [0.1, 0.15) is 5.56 Å². The number of hydrogen-bond donors (Lipinski definition) is 0. The third-order valence-electron chi connectivity index (χ3n) is 1.33. The maximum absolute atomic E-state index is 6.96. The van der Waals surface area contributed by atoms with E-state index in [1.165, 1.54) is 5.56 Å². The number of rotatable bonds is 2. The molecule has 0 spiro atoms. The fraction of sp³-hybridized carbons (Fsp3) is 0.250. The Morgan fingerprint density at radius 1 is 1.20 bits per heavy atom. The van der Waals surface area contributed by atoms with E-state index >= 15 is 0 Å². The van der Waals surface area contributed by atoms with Crippen molar-refractivity contribution in [3.63, 3.8) is 0 Å². The van der Waals surface area contributed by atoms with Crippen molar-refractivity contribution in [3.05, 3.63) is 34.9 Å². The zero-order valence-electron chi connectivity index (χ0n) is 5.60. The van der Waals surface area contributed by atoms with Crippen molar-refractivity contribution < 1.29 is 0 Å². The van der Waals surface area contributed by atoms with Gasteiger partial charge in [-0.2, -0.15) is 0 Å². The molecular formula is C8H9ClN. The van der Waals surface area contributed by atoms with Gasteiger partial charge in [0.2, 0.25) is 0 Å². The molecule has 53 valence electrons. The van der Waals surface area contributed by atoms with Crippen molar-refractivity contribution in [1.82, 2.24) is 5.73 Å². The molecular weight excluding hydrogens is 146 g/mol. The molecule has 0 saturated carbocycles. The summed E-state index contributed by atoms with van der Waals surface area (Å²) in [5, 5.41) is 0.758. The van der Waals surface area contributed by atoms with Gasteiger partial charge in [-0.05, 0) is 24.1 Å². The smallest absolute Gasteiger partial charge is 0.0406 e. The standard InChI is InChI=1S/C8H9ClN/c9-8-3-1-7(2-4-8)5-6-10/h1-4,10H,5-6H2. The molecule has 0 aliphatic heterocycles. The molecule has 1 radical (unpaired) electrons. The van der Waals surface area contributed by atoms with Gasteiger partial charge in [0.25, 0.3) is 0 Å². The molecule has 1 aromatic carbocycles. The van der Waals surface area contributed by atoms with Gasteiger partial charge in [0.15, 0.2) is 0 Å². The zero-order valence-corrected chi connectivity index (χ0v) is 6.36. The van der Waals surface area contributed by atoms with E-state index in [-0.39, 0.29) is 0 Å². The highest BCUT2D eigenvalue weighted by Gasteiger charge is 1.89. The second kappa shape index (κ2) is 3.59. The lowest BCUT2D eigenvalue weighted by Gasteiger charge is -1.95. The summed E-state index contributed by atoms with van der Waals surface area (Å²) in [4.78, 5) is 0. The predicted octanol–water partition coefficient (Wildman–Crippen LogP) is 2.17. The van der Waals surface area contributed by atoms with E-state index in [2.05, 4.69) is 0 Å². The Bertz CT molecular complexity index is 193. The quantitative estimate of drug-likeness (QED) is 0.624. The van der Waals surface area contributed by atoms with Crippen LogP contribution >= 0.6 is 11.6 Å². The molecule has 1 rings (SSSR count). The summed E-state index contributed by atoms with van der Waals surface area (Å²) in [7, 11) is 0. The second-order valence-electron chi connectivity index (χ2n) is 2.13. The summed E-state index contributed by atoms with van der Waals surface area (Å²) in [5.41, 5.74) is 8.14. The fourth-order valence-electron chi connectivity index (χ4n) is 0.795. The Morgan fingerprint density at radius 2 is 1.80 bits per heavy atom. The van der Waals surface area contributed by atoms with Crippen LogP contribution in [0.2, 0.25) is 5.02 Å². The van der Waals surface area contributed by atoms with Gasteiger partial charge in [0, 0.05) is 11.6 Å². The van der Waals surface area contributed by atoms with Gasteiger partial charge >= 0.3 is 0 Å². The molecule has 0 aromatic heterocycles. The molecule has 1 aromatic rings. The van der Waals surface area contributed by atoms with E-state index < -0.39 is 0 Å². The predicted molar refractivity (Wildman–Crippen MR) is 43.1 cm³/mol. The lowest BCUT2D eigenvalue weighted by molar-refractivity contribution is 0.941. The highest BCUT2D eigenvalue weighted by Crippen LogP contribution is 2.09. The minimum absolute atomic E-state index is 0.446. The van der Waals surface area contributed by atoms with Crippen molar-refractivity contribution in [2.45, 2.75) is 6.42 Å². The van der Waals surface area contributed by atoms with E-state index in [1.807, 2.05) is 24.3 Å². The average molecular weight is 155 g/mol. The summed E-state index contributed by atoms with van der Waals surface area (Å²) in [5.74, 6) is 0. The summed E-state index contributed by atoms with van der Waals surface area (Å²) < 4.78 is 0. The average Bonchev–Trinajstić information content (AvgIpc) is 1.95. The third-order valence-corrected chi connectivity index (χ3v) is 1.58. The van der Waals surface area contributed by atoms with Crippen molar-refractivity contribution in [1.29, 1.82) is 0 Å². The molecule has 0 bridgehead atoms. The summed E-state index contributed by atoms with van der Waals surface area (Å²) in [6, 6.07) is 7.62. The van der Waals surface area contributed by atoms with Crippen LogP contribution in [0, 0.1) is 0 Å². The Hall–Kier alpha value is -0.530. The van der Waals surface area contributed by atoms with E-state index in [0.29, 0.717) is 6.54 Å². The first-order valence-corrected chi connectivity index (χ1v) is 3.60. The third kappa shape index (κ3) is 2.01. The molecule has 0 atom stereocenters. The van der Waals surface area contributed by atoms with Crippen LogP contribution in [0.15, 0.2) is 24.3 Å². The molecule has 1 N–H and O–H groups in total. The summed E-state index contributed by atoms with van der Waals surface area (Å²) in [6.07, 6.45) is 0.817. The maximum Gasteiger partial charge on any atom is 0.0406 e. The molecule has 0 unspecified atom stereocenters.